The van der Waals surface area contributed by atoms with Crippen LogP contribution in [0.25, 0.3) is 0 Å². The highest BCUT2D eigenvalue weighted by atomic mass is 16.6. The molecule has 1 unspecified atom stereocenters. The summed E-state index contributed by atoms with van der Waals surface area (Å²) in [7, 11) is 0. The van der Waals surface area contributed by atoms with E-state index >= 15 is 0 Å². The second-order valence-electron chi connectivity index (χ2n) is 6.91. The minimum Gasteiger partial charge on any atom is -0.435 e. The lowest BCUT2D eigenvalue weighted by Gasteiger charge is -2.56. The van der Waals surface area contributed by atoms with Gasteiger partial charge in [0, 0.05) is 6.42 Å². The van der Waals surface area contributed by atoms with Gasteiger partial charge in [0.2, 0.25) is 6.29 Å². The number of esters is 1. The third-order valence-corrected chi connectivity index (χ3v) is 5.80. The lowest BCUT2D eigenvalue weighted by Crippen LogP contribution is -2.63. The lowest BCUT2D eigenvalue weighted by molar-refractivity contribution is -0.191. The molecule has 0 aromatic heterocycles. The van der Waals surface area contributed by atoms with Crippen molar-refractivity contribution < 1.29 is 29.6 Å². The van der Waals surface area contributed by atoms with Gasteiger partial charge in [-0.25, -0.2) is 0 Å². The highest BCUT2D eigenvalue weighted by molar-refractivity contribution is 5.86. The number of ether oxygens (including phenoxy) is 1. The van der Waals surface area contributed by atoms with Gasteiger partial charge in [0.05, 0.1) is 18.1 Å². The Morgan fingerprint density at radius 1 is 1.29 bits per heavy atom. The van der Waals surface area contributed by atoms with Crippen LogP contribution in [0.2, 0.25) is 0 Å². The van der Waals surface area contributed by atoms with E-state index in [-0.39, 0.29) is 12.0 Å². The molecule has 0 amide bonds. The quantitative estimate of drug-likeness (QED) is 0.456. The monoisotopic (exact) mass is 296 g/mol. The average molecular weight is 296 g/mol. The molecule has 2 fully saturated rings. The topological polar surface area (TPSA) is 104 Å². The Kier molecular flexibility index (Phi) is 3.06. The predicted octanol–water partition coefficient (Wildman–Crippen LogP) is -0.239. The summed E-state index contributed by atoms with van der Waals surface area (Å²) in [6.07, 6.45) is -0.653. The Morgan fingerprint density at radius 3 is 2.57 bits per heavy atom. The summed E-state index contributed by atoms with van der Waals surface area (Å²) < 4.78 is 4.97. The van der Waals surface area contributed by atoms with Gasteiger partial charge in [0.1, 0.15) is 11.7 Å². The summed E-state index contributed by atoms with van der Waals surface area (Å²) in [5, 5.41) is 30.9. The van der Waals surface area contributed by atoms with E-state index in [1.165, 1.54) is 0 Å². The number of rotatable bonds is 1. The van der Waals surface area contributed by atoms with Crippen LogP contribution in [0.5, 0.6) is 0 Å². The first-order chi connectivity index (χ1) is 9.77. The van der Waals surface area contributed by atoms with E-state index in [0.29, 0.717) is 12.7 Å². The van der Waals surface area contributed by atoms with Gasteiger partial charge in [-0.2, -0.15) is 0 Å². The highest BCUT2D eigenvalue weighted by Crippen LogP contribution is 2.63. The van der Waals surface area contributed by atoms with E-state index in [1.54, 1.807) is 6.08 Å². The van der Waals surface area contributed by atoms with Gasteiger partial charge >= 0.3 is 5.97 Å². The van der Waals surface area contributed by atoms with Crippen molar-refractivity contribution in [1.29, 1.82) is 0 Å². The standard InChI is InChI=1S/C15H20O6/c1-14(2)8-4-3-7(6-16)11-12(19)21-13(20)15(8,11)10(18)5-9(14)17/h3,6,8-12,17-19H,4-5H2,1-2H3/t8?,9-,10+,11-,12+,15+/m1/s1. The van der Waals surface area contributed by atoms with Gasteiger partial charge in [-0.05, 0) is 23.3 Å². The molecule has 1 heterocycles. The van der Waals surface area contributed by atoms with Crippen LogP contribution in [0.3, 0.4) is 0 Å². The molecule has 0 radical (unpaired) electrons. The van der Waals surface area contributed by atoms with Crippen LogP contribution >= 0.6 is 0 Å². The Hall–Kier alpha value is -1.24. The molecule has 3 aliphatic rings. The van der Waals surface area contributed by atoms with Crippen LogP contribution < -0.4 is 0 Å². The fraction of sp³-hybridized carbons (Fsp3) is 0.733. The predicted molar refractivity (Wildman–Crippen MR) is 70.7 cm³/mol. The molecule has 6 heteroatoms. The maximum Gasteiger partial charge on any atom is 0.318 e. The number of cyclic esters (lactones) is 1. The van der Waals surface area contributed by atoms with Gasteiger partial charge < -0.3 is 20.1 Å². The van der Waals surface area contributed by atoms with E-state index in [0.717, 1.165) is 0 Å². The fourth-order valence-electron chi connectivity index (χ4n) is 4.58. The van der Waals surface area contributed by atoms with Crippen molar-refractivity contribution in [3.8, 4) is 0 Å². The summed E-state index contributed by atoms with van der Waals surface area (Å²) in [5.74, 6) is -1.95. The Balaban J connectivity index is 2.22. The first-order valence-corrected chi connectivity index (χ1v) is 7.18. The number of carbonyl (C=O) groups excluding carboxylic acids is 2. The molecule has 116 valence electrons. The molecule has 1 saturated carbocycles. The number of hydrogen-bond acceptors (Lipinski definition) is 6. The molecule has 2 aliphatic carbocycles. The number of hydrogen-bond donors (Lipinski definition) is 3. The maximum absolute atomic E-state index is 12.5. The molecule has 1 spiro atoms. The van der Waals surface area contributed by atoms with Crippen molar-refractivity contribution >= 4 is 12.3 Å². The largest absolute Gasteiger partial charge is 0.435 e. The van der Waals surface area contributed by atoms with Gasteiger partial charge in [0.15, 0.2) is 0 Å². The molecule has 21 heavy (non-hydrogen) atoms. The lowest BCUT2D eigenvalue weighted by atomic mass is 9.46. The zero-order valence-electron chi connectivity index (χ0n) is 12.0. The summed E-state index contributed by atoms with van der Waals surface area (Å²) in [5.41, 5.74) is -1.70. The third-order valence-electron chi connectivity index (χ3n) is 5.80. The molecule has 1 saturated heterocycles. The van der Waals surface area contributed by atoms with E-state index < -0.39 is 47.1 Å². The smallest absolute Gasteiger partial charge is 0.318 e. The average Bonchev–Trinajstić information content (AvgIpc) is 2.69. The minimum absolute atomic E-state index is 0.0218. The van der Waals surface area contributed by atoms with Crippen molar-refractivity contribution in [3.05, 3.63) is 11.6 Å². The van der Waals surface area contributed by atoms with E-state index in [1.807, 2.05) is 13.8 Å². The van der Waals surface area contributed by atoms with Crippen LogP contribution in [-0.4, -0.2) is 46.1 Å². The van der Waals surface area contributed by atoms with Gasteiger partial charge in [-0.3, -0.25) is 9.59 Å². The SMILES string of the molecule is CC1(C)C2CC=C(C=O)[C@@H]3[C@@H](O)OC(=O)[C@]23[C@@H](O)C[C@H]1O. The van der Waals surface area contributed by atoms with Crippen LogP contribution in [0, 0.1) is 22.7 Å². The van der Waals surface area contributed by atoms with E-state index in [4.69, 9.17) is 4.74 Å². The second-order valence-corrected chi connectivity index (χ2v) is 6.91. The second kappa shape index (κ2) is 4.38. The van der Waals surface area contributed by atoms with E-state index in [2.05, 4.69) is 0 Å². The number of allylic oxidation sites excluding steroid dienone is 1. The fourth-order valence-corrected chi connectivity index (χ4v) is 4.58. The zero-order valence-corrected chi connectivity index (χ0v) is 12.0. The third kappa shape index (κ3) is 1.58. The van der Waals surface area contributed by atoms with Crippen LogP contribution in [0.1, 0.15) is 26.7 Å². The number of aliphatic hydroxyl groups excluding tert-OH is 3. The van der Waals surface area contributed by atoms with Crippen LogP contribution in [0.15, 0.2) is 11.6 Å². The first-order valence-electron chi connectivity index (χ1n) is 7.18. The summed E-state index contributed by atoms with van der Waals surface area (Å²) in [6.45, 7) is 3.68. The molecule has 0 aromatic carbocycles. The number of carbonyl (C=O) groups is 2. The first kappa shape index (κ1) is 14.7. The van der Waals surface area contributed by atoms with Gasteiger partial charge in [0.25, 0.3) is 0 Å². The Morgan fingerprint density at radius 2 is 1.95 bits per heavy atom. The molecule has 1 aliphatic heterocycles. The molecular weight excluding hydrogens is 276 g/mol. The van der Waals surface area contributed by atoms with Crippen molar-refractivity contribution in [2.24, 2.45) is 22.7 Å². The number of aldehydes is 1. The molecule has 0 bridgehead atoms. The highest BCUT2D eigenvalue weighted by Gasteiger charge is 2.72. The Bertz CT molecular complexity index is 524. The number of aliphatic hydroxyl groups is 3. The Labute approximate surface area is 122 Å². The normalized spacial score (nSPS) is 48.0. The summed E-state index contributed by atoms with van der Waals surface area (Å²) in [4.78, 5) is 23.8. The molecule has 0 aromatic rings. The van der Waals surface area contributed by atoms with Crippen LogP contribution in [0.4, 0.5) is 0 Å². The summed E-state index contributed by atoms with van der Waals surface area (Å²) in [6, 6.07) is 0. The van der Waals surface area contributed by atoms with Gasteiger partial charge in [-0.15, -0.1) is 0 Å². The van der Waals surface area contributed by atoms with Crippen molar-refractivity contribution in [2.45, 2.75) is 45.2 Å². The molecule has 3 N–H and O–H groups in total. The zero-order chi connectivity index (χ0) is 15.6. The summed E-state index contributed by atoms with van der Waals surface area (Å²) >= 11 is 0. The van der Waals surface area contributed by atoms with Crippen LogP contribution in [-0.2, 0) is 14.3 Å². The molecule has 3 rings (SSSR count). The van der Waals surface area contributed by atoms with Crippen molar-refractivity contribution in [1.82, 2.24) is 0 Å². The molecule has 6 atom stereocenters. The van der Waals surface area contributed by atoms with Crippen molar-refractivity contribution in [2.75, 3.05) is 0 Å². The maximum atomic E-state index is 12.5. The van der Waals surface area contributed by atoms with Crippen molar-refractivity contribution in [3.63, 3.8) is 0 Å². The molecule has 6 nitrogen and oxygen atoms in total. The van der Waals surface area contributed by atoms with E-state index in [9.17, 15) is 24.9 Å². The van der Waals surface area contributed by atoms with Gasteiger partial charge in [-0.1, -0.05) is 19.9 Å². The molecular formula is C15H20O6. The minimum atomic E-state index is -1.43.